The monoisotopic (exact) mass is 337 g/mol. The number of hydrogen-bond donors (Lipinski definition) is 1. The maximum Gasteiger partial charge on any atom is 0.273 e. The summed E-state index contributed by atoms with van der Waals surface area (Å²) in [7, 11) is 0. The van der Waals surface area contributed by atoms with E-state index in [1.807, 2.05) is 6.92 Å². The third-order valence-corrected chi connectivity index (χ3v) is 3.86. The lowest BCUT2D eigenvalue weighted by atomic mass is 10.2. The van der Waals surface area contributed by atoms with Crippen LogP contribution in [0.15, 0.2) is 10.7 Å². The van der Waals surface area contributed by atoms with Crippen LogP contribution in [0.5, 0.6) is 0 Å². The first-order valence-electron chi connectivity index (χ1n) is 9.12. The number of amides is 2. The van der Waals surface area contributed by atoms with Crippen LogP contribution in [0, 0.1) is 0 Å². The molecular weight excluding hydrogens is 306 g/mol. The van der Waals surface area contributed by atoms with Gasteiger partial charge in [-0.15, -0.1) is 0 Å². The van der Waals surface area contributed by atoms with Gasteiger partial charge in [0.15, 0.2) is 5.69 Å². The van der Waals surface area contributed by atoms with Gasteiger partial charge in [-0.2, -0.15) is 0 Å². The molecule has 0 radical (unpaired) electrons. The molecule has 0 aliphatic heterocycles. The third kappa shape index (κ3) is 7.15. The molecule has 1 aromatic heterocycles. The molecule has 6 nitrogen and oxygen atoms in total. The highest BCUT2D eigenvalue weighted by Crippen LogP contribution is 2.09. The predicted octanol–water partition coefficient (Wildman–Crippen LogP) is 3.52. The number of carbonyl (C=O) groups is 2. The van der Waals surface area contributed by atoms with Gasteiger partial charge in [-0.1, -0.05) is 46.5 Å². The molecule has 0 unspecified atom stereocenters. The maximum absolute atomic E-state index is 12.0. The topological polar surface area (TPSA) is 75.4 Å². The zero-order chi connectivity index (χ0) is 17.8. The van der Waals surface area contributed by atoms with Gasteiger partial charge < -0.3 is 14.6 Å². The largest absolute Gasteiger partial charge is 0.446 e. The summed E-state index contributed by atoms with van der Waals surface area (Å²) in [5.74, 6) is 0.266. The Balaban J connectivity index is 2.55. The van der Waals surface area contributed by atoms with E-state index in [0.717, 1.165) is 38.5 Å². The fourth-order valence-corrected chi connectivity index (χ4v) is 2.39. The van der Waals surface area contributed by atoms with Gasteiger partial charge in [-0.05, 0) is 12.8 Å². The molecule has 24 heavy (non-hydrogen) atoms. The fourth-order valence-electron chi connectivity index (χ4n) is 2.39. The average molecular weight is 337 g/mol. The lowest BCUT2D eigenvalue weighted by Crippen LogP contribution is -2.31. The van der Waals surface area contributed by atoms with Crippen LogP contribution in [-0.4, -0.2) is 34.8 Å². The summed E-state index contributed by atoms with van der Waals surface area (Å²) in [5, 5.41) is 2.83. The van der Waals surface area contributed by atoms with E-state index in [4.69, 9.17) is 4.42 Å². The van der Waals surface area contributed by atoms with E-state index in [1.165, 1.54) is 6.26 Å². The van der Waals surface area contributed by atoms with Gasteiger partial charge in [0.25, 0.3) is 5.91 Å². The highest BCUT2D eigenvalue weighted by Gasteiger charge is 2.17. The van der Waals surface area contributed by atoms with Gasteiger partial charge in [0.05, 0.1) is 6.54 Å². The van der Waals surface area contributed by atoms with Crippen molar-refractivity contribution in [2.24, 2.45) is 0 Å². The summed E-state index contributed by atoms with van der Waals surface area (Å²) in [6, 6.07) is 0. The second-order valence-corrected chi connectivity index (χ2v) is 5.97. The van der Waals surface area contributed by atoms with Crippen molar-refractivity contribution in [1.82, 2.24) is 15.2 Å². The van der Waals surface area contributed by atoms with Gasteiger partial charge in [-0.25, -0.2) is 4.98 Å². The Hall–Kier alpha value is -1.85. The molecule has 136 valence electrons. The molecule has 0 aliphatic carbocycles. The zero-order valence-electron chi connectivity index (χ0n) is 15.3. The van der Waals surface area contributed by atoms with Gasteiger partial charge in [0.1, 0.15) is 6.26 Å². The number of unbranched alkanes of at least 4 members (excludes halogenated alkanes) is 4. The minimum Gasteiger partial charge on any atom is -0.446 e. The second-order valence-electron chi connectivity index (χ2n) is 5.97. The Morgan fingerprint density at radius 1 is 1.12 bits per heavy atom. The minimum absolute atomic E-state index is 0.0786. The normalized spacial score (nSPS) is 10.6. The highest BCUT2D eigenvalue weighted by atomic mass is 16.3. The van der Waals surface area contributed by atoms with Crippen molar-refractivity contribution in [3.8, 4) is 0 Å². The summed E-state index contributed by atoms with van der Waals surface area (Å²) in [4.78, 5) is 30.0. The molecule has 0 bridgehead atoms. The quantitative estimate of drug-likeness (QED) is 0.592. The van der Waals surface area contributed by atoms with E-state index in [0.29, 0.717) is 31.9 Å². The van der Waals surface area contributed by atoms with Gasteiger partial charge in [0, 0.05) is 19.5 Å². The van der Waals surface area contributed by atoms with Crippen LogP contribution >= 0.6 is 0 Å². The van der Waals surface area contributed by atoms with Crippen molar-refractivity contribution in [3.05, 3.63) is 17.8 Å². The first-order valence-corrected chi connectivity index (χ1v) is 9.12. The third-order valence-electron chi connectivity index (χ3n) is 3.86. The first-order chi connectivity index (χ1) is 11.6. The number of nitrogens with one attached hydrogen (secondary N) is 1. The highest BCUT2D eigenvalue weighted by molar-refractivity contribution is 5.91. The van der Waals surface area contributed by atoms with Crippen LogP contribution in [0.3, 0.4) is 0 Å². The summed E-state index contributed by atoms with van der Waals surface area (Å²) in [6.07, 6.45) is 8.15. The van der Waals surface area contributed by atoms with Crippen molar-refractivity contribution in [3.63, 3.8) is 0 Å². The summed E-state index contributed by atoms with van der Waals surface area (Å²) < 4.78 is 5.38. The van der Waals surface area contributed by atoms with Gasteiger partial charge in [0.2, 0.25) is 11.8 Å². The number of nitrogens with zero attached hydrogens (tertiary/aromatic N) is 2. The van der Waals surface area contributed by atoms with Crippen LogP contribution < -0.4 is 5.32 Å². The van der Waals surface area contributed by atoms with E-state index in [2.05, 4.69) is 24.1 Å². The molecule has 6 heteroatoms. The van der Waals surface area contributed by atoms with Crippen LogP contribution in [0.4, 0.5) is 0 Å². The Morgan fingerprint density at radius 2 is 1.83 bits per heavy atom. The minimum atomic E-state index is -0.222. The standard InChI is InChI=1S/C18H31N3O3/c1-4-7-9-11-19-18(23)15-14-24-16(20-15)13-21(17(22)6-3)12-10-8-5-2/h14H,4-13H2,1-3H3,(H,19,23). The number of rotatable bonds is 12. The van der Waals surface area contributed by atoms with E-state index >= 15 is 0 Å². The number of carbonyl (C=O) groups excluding carboxylic acids is 2. The first kappa shape index (κ1) is 20.2. The lowest BCUT2D eigenvalue weighted by molar-refractivity contribution is -0.131. The van der Waals surface area contributed by atoms with E-state index in [9.17, 15) is 9.59 Å². The lowest BCUT2D eigenvalue weighted by Gasteiger charge is -2.20. The molecule has 0 atom stereocenters. The maximum atomic E-state index is 12.0. The predicted molar refractivity (Wildman–Crippen MR) is 93.6 cm³/mol. The van der Waals surface area contributed by atoms with Crippen molar-refractivity contribution in [2.45, 2.75) is 72.3 Å². The van der Waals surface area contributed by atoms with Crippen LogP contribution in [0.25, 0.3) is 0 Å². The van der Waals surface area contributed by atoms with Crippen LogP contribution in [0.1, 0.15) is 82.1 Å². The molecule has 0 saturated carbocycles. The zero-order valence-corrected chi connectivity index (χ0v) is 15.3. The van der Waals surface area contributed by atoms with E-state index in [-0.39, 0.29) is 17.5 Å². The van der Waals surface area contributed by atoms with Crippen LogP contribution in [0.2, 0.25) is 0 Å². The molecule has 1 aromatic rings. The van der Waals surface area contributed by atoms with E-state index < -0.39 is 0 Å². The molecule has 1 heterocycles. The SMILES string of the molecule is CCCCCNC(=O)c1coc(CN(CCCCC)C(=O)CC)n1. The number of oxazole rings is 1. The van der Waals surface area contributed by atoms with Crippen LogP contribution in [-0.2, 0) is 11.3 Å². The summed E-state index contributed by atoms with van der Waals surface area (Å²) in [6.45, 7) is 7.76. The average Bonchev–Trinajstić information content (AvgIpc) is 3.06. The Bertz CT molecular complexity index is 499. The Labute approximate surface area is 145 Å². The molecule has 0 spiro atoms. The smallest absolute Gasteiger partial charge is 0.273 e. The molecular formula is C18H31N3O3. The van der Waals surface area contributed by atoms with Gasteiger partial charge >= 0.3 is 0 Å². The second kappa shape index (κ2) is 11.6. The van der Waals surface area contributed by atoms with Gasteiger partial charge in [-0.3, -0.25) is 9.59 Å². The summed E-state index contributed by atoms with van der Waals surface area (Å²) >= 11 is 0. The molecule has 0 fully saturated rings. The molecule has 0 aromatic carbocycles. The van der Waals surface area contributed by atoms with Crippen molar-refractivity contribution in [2.75, 3.05) is 13.1 Å². The Morgan fingerprint density at radius 3 is 2.50 bits per heavy atom. The molecule has 0 saturated heterocycles. The fraction of sp³-hybridized carbons (Fsp3) is 0.722. The Kier molecular flexibility index (Phi) is 9.80. The summed E-state index contributed by atoms with van der Waals surface area (Å²) in [5.41, 5.74) is 0.277. The van der Waals surface area contributed by atoms with Crippen molar-refractivity contribution in [1.29, 1.82) is 0 Å². The van der Waals surface area contributed by atoms with Crippen molar-refractivity contribution < 1.29 is 14.0 Å². The molecule has 0 aliphatic rings. The molecule has 2 amide bonds. The molecule has 1 rings (SSSR count). The number of aromatic nitrogens is 1. The number of hydrogen-bond acceptors (Lipinski definition) is 4. The van der Waals surface area contributed by atoms with E-state index in [1.54, 1.807) is 4.90 Å². The van der Waals surface area contributed by atoms with Crippen molar-refractivity contribution >= 4 is 11.8 Å². The molecule has 1 N–H and O–H groups in total.